The van der Waals surface area contributed by atoms with E-state index in [4.69, 9.17) is 14.7 Å². The van der Waals surface area contributed by atoms with E-state index in [1.165, 1.54) is 14.2 Å². The van der Waals surface area contributed by atoms with E-state index >= 15 is 0 Å². The van der Waals surface area contributed by atoms with Gasteiger partial charge in [0.05, 0.1) is 20.3 Å². The molecule has 1 aromatic rings. The molecule has 0 aliphatic rings. The molecule has 1 rings (SSSR count). The Morgan fingerprint density at radius 1 is 1.50 bits per heavy atom. The van der Waals surface area contributed by atoms with Crippen LogP contribution in [0.1, 0.15) is 12.0 Å². The number of carbonyl (C=O) groups is 1. The Balaban J connectivity index is 0.00000289. The average molecular weight is 322 g/mol. The van der Waals surface area contributed by atoms with Gasteiger partial charge in [-0.1, -0.05) is 0 Å². The summed E-state index contributed by atoms with van der Waals surface area (Å²) in [5, 5.41) is 10.9. The molecule has 1 amide bonds. The van der Waals surface area contributed by atoms with E-state index in [1.807, 2.05) is 0 Å². The molecule has 0 fully saturated rings. The van der Waals surface area contributed by atoms with Gasteiger partial charge in [-0.3, -0.25) is 4.79 Å². The predicted molar refractivity (Wildman–Crippen MR) is 60.5 cm³/mol. The fourth-order valence-corrected chi connectivity index (χ4v) is 1.25. The Morgan fingerprint density at radius 2 is 2.22 bits per heavy atom. The van der Waals surface area contributed by atoms with E-state index < -0.39 is 0 Å². The van der Waals surface area contributed by atoms with Crippen molar-refractivity contribution in [3.8, 4) is 17.6 Å². The number of ether oxygens (including phenoxy) is 2. The molecule has 6 heteroatoms. The Bertz CT molecular complexity index is 443. The molecule has 1 N–H and O–H groups in total. The van der Waals surface area contributed by atoms with Crippen molar-refractivity contribution in [3.63, 3.8) is 0 Å². The van der Waals surface area contributed by atoms with Gasteiger partial charge in [-0.15, -0.1) is 17.7 Å². The summed E-state index contributed by atoms with van der Waals surface area (Å²) in [6.07, 6.45) is -0.142. The molecule has 0 aliphatic carbocycles. The van der Waals surface area contributed by atoms with Gasteiger partial charge >= 0.3 is 0 Å². The zero-order valence-electron chi connectivity index (χ0n) is 10.3. The van der Waals surface area contributed by atoms with Crippen LogP contribution in [0.2, 0.25) is 0 Å². The van der Waals surface area contributed by atoms with Crippen LogP contribution in [0.25, 0.3) is 0 Å². The normalized spacial score (nSPS) is 8.72. The molecular weight excluding hydrogens is 309 g/mol. The first-order valence-electron chi connectivity index (χ1n) is 4.97. The number of methoxy groups -OCH3 is 2. The first-order chi connectivity index (χ1) is 8.21. The van der Waals surface area contributed by atoms with Gasteiger partial charge in [0.2, 0.25) is 5.91 Å². The van der Waals surface area contributed by atoms with E-state index in [-0.39, 0.29) is 45.0 Å². The number of nitriles is 1. The van der Waals surface area contributed by atoms with Gasteiger partial charge in [0.25, 0.3) is 0 Å². The van der Waals surface area contributed by atoms with Gasteiger partial charge in [-0.25, -0.2) is 0 Å². The van der Waals surface area contributed by atoms with Crippen LogP contribution in [0.5, 0.6) is 11.5 Å². The van der Waals surface area contributed by atoms with Gasteiger partial charge in [0.15, 0.2) is 0 Å². The summed E-state index contributed by atoms with van der Waals surface area (Å²) in [4.78, 5) is 11.1. The third kappa shape index (κ3) is 5.03. The quantitative estimate of drug-likeness (QED) is 0.822. The summed E-state index contributed by atoms with van der Waals surface area (Å²) < 4.78 is 10.2. The van der Waals surface area contributed by atoms with Crippen LogP contribution >= 0.6 is 0 Å². The third-order valence-corrected chi connectivity index (χ3v) is 2.08. The van der Waals surface area contributed by atoms with Crippen LogP contribution in [0.3, 0.4) is 0 Å². The molecule has 0 heterocycles. The van der Waals surface area contributed by atoms with Crippen LogP contribution in [-0.4, -0.2) is 20.1 Å². The summed E-state index contributed by atoms with van der Waals surface area (Å²) in [6.45, 7) is 0.331. The largest absolute Gasteiger partial charge is 0.551 e. The van der Waals surface area contributed by atoms with Crippen LogP contribution in [0.15, 0.2) is 12.1 Å². The molecule has 1 radical (unpaired) electrons. The zero-order chi connectivity index (χ0) is 12.7. The number of hydrogen-bond acceptors (Lipinski definition) is 4. The van der Waals surface area contributed by atoms with Crippen molar-refractivity contribution in [3.05, 3.63) is 23.8 Å². The maximum atomic E-state index is 11.1. The molecule has 93 valence electrons. The molecule has 0 spiro atoms. The maximum absolute atomic E-state index is 11.1. The molecule has 0 saturated heterocycles. The SMILES string of the molecule is COc1[c-]cc(CNC(=O)CC#N)cc1OC.[Y]. The van der Waals surface area contributed by atoms with Gasteiger partial charge < -0.3 is 14.8 Å². The van der Waals surface area contributed by atoms with Crippen molar-refractivity contribution < 1.29 is 47.0 Å². The summed E-state index contributed by atoms with van der Waals surface area (Å²) in [6, 6.07) is 8.13. The minimum absolute atomic E-state index is 0. The first kappa shape index (κ1) is 16.9. The van der Waals surface area contributed by atoms with Crippen LogP contribution in [0.4, 0.5) is 0 Å². The standard InChI is InChI=1S/C12H13N2O3.Y/c1-16-10-4-3-9(7-11(10)17-2)8-14-12(15)5-6-13;/h3,7H,5,8H2,1-2H3,(H,14,15);/q-1;. The number of benzene rings is 1. The first-order valence-corrected chi connectivity index (χ1v) is 4.97. The molecular formula is C12H13N2O3Y-. The van der Waals surface area contributed by atoms with Crippen LogP contribution in [0, 0.1) is 17.4 Å². The number of hydrogen-bond donors (Lipinski definition) is 1. The maximum Gasteiger partial charge on any atom is 0.233 e. The van der Waals surface area contributed by atoms with Gasteiger partial charge in [-0.05, 0) is 6.54 Å². The fraction of sp³-hybridized carbons (Fsp3) is 0.333. The zero-order valence-corrected chi connectivity index (χ0v) is 13.2. The predicted octanol–water partition coefficient (Wildman–Crippen LogP) is 1.03. The molecule has 0 saturated carbocycles. The monoisotopic (exact) mass is 322 g/mol. The Hall–Kier alpha value is -1.12. The van der Waals surface area contributed by atoms with E-state index in [1.54, 1.807) is 18.2 Å². The Kier molecular flexibility index (Phi) is 8.35. The topological polar surface area (TPSA) is 71.3 Å². The number of rotatable bonds is 5. The summed E-state index contributed by atoms with van der Waals surface area (Å²) in [5.41, 5.74) is 0.828. The average Bonchev–Trinajstić information content (AvgIpc) is 2.36. The second-order valence-electron chi connectivity index (χ2n) is 3.22. The Labute approximate surface area is 131 Å². The van der Waals surface area contributed by atoms with Gasteiger partial charge in [0, 0.05) is 44.2 Å². The molecule has 1 aromatic carbocycles. The second-order valence-corrected chi connectivity index (χ2v) is 3.22. The molecule has 0 unspecified atom stereocenters. The number of carbonyl (C=O) groups excluding carboxylic acids is 1. The molecule has 0 aliphatic heterocycles. The Morgan fingerprint density at radius 3 is 2.78 bits per heavy atom. The minimum Gasteiger partial charge on any atom is -0.551 e. The smallest absolute Gasteiger partial charge is 0.233 e. The van der Waals surface area contributed by atoms with Gasteiger partial charge in [-0.2, -0.15) is 11.3 Å². The second kappa shape index (κ2) is 8.90. The number of amides is 1. The van der Waals surface area contributed by atoms with E-state index in [2.05, 4.69) is 11.4 Å². The van der Waals surface area contributed by atoms with Crippen molar-refractivity contribution >= 4 is 5.91 Å². The van der Waals surface area contributed by atoms with E-state index in [9.17, 15) is 4.79 Å². The van der Waals surface area contributed by atoms with Gasteiger partial charge in [0.1, 0.15) is 6.42 Å². The van der Waals surface area contributed by atoms with Crippen LogP contribution in [-0.2, 0) is 44.0 Å². The van der Waals surface area contributed by atoms with E-state index in [0.717, 1.165) is 5.56 Å². The third-order valence-electron chi connectivity index (χ3n) is 2.08. The molecule has 18 heavy (non-hydrogen) atoms. The number of nitrogens with zero attached hydrogens (tertiary/aromatic N) is 1. The summed E-state index contributed by atoms with van der Waals surface area (Å²) in [7, 11) is 3.06. The van der Waals surface area contributed by atoms with Crippen molar-refractivity contribution in [2.75, 3.05) is 14.2 Å². The molecule has 0 aromatic heterocycles. The van der Waals surface area contributed by atoms with Crippen molar-refractivity contribution in [1.29, 1.82) is 5.26 Å². The van der Waals surface area contributed by atoms with Crippen molar-refractivity contribution in [2.24, 2.45) is 0 Å². The van der Waals surface area contributed by atoms with Crippen molar-refractivity contribution in [1.82, 2.24) is 5.32 Å². The fourth-order valence-electron chi connectivity index (χ4n) is 1.25. The minimum atomic E-state index is -0.303. The van der Waals surface area contributed by atoms with E-state index in [0.29, 0.717) is 18.0 Å². The molecule has 0 atom stereocenters. The van der Waals surface area contributed by atoms with Crippen molar-refractivity contribution in [2.45, 2.75) is 13.0 Å². The summed E-state index contributed by atoms with van der Waals surface area (Å²) in [5.74, 6) is 0.765. The van der Waals surface area contributed by atoms with Crippen LogP contribution < -0.4 is 14.8 Å². The number of nitrogens with one attached hydrogen (secondary N) is 1. The molecule has 0 bridgehead atoms. The molecule has 5 nitrogen and oxygen atoms in total. The summed E-state index contributed by atoms with van der Waals surface area (Å²) >= 11 is 0.